The average Bonchev–Trinajstić information content (AvgIpc) is 2.66. The minimum Gasteiger partial charge on any atom is -0.449 e. The molecule has 0 saturated heterocycles. The number of hydrogen-bond acceptors (Lipinski definition) is 3. The first-order valence-corrected chi connectivity index (χ1v) is 6.89. The molecule has 2 aromatic carbocycles. The Balaban J connectivity index is 2.08. The number of carbonyl (C=O) groups is 1. The zero-order valence-electron chi connectivity index (χ0n) is 11.7. The van der Waals surface area contributed by atoms with E-state index in [9.17, 15) is 4.79 Å². The van der Waals surface area contributed by atoms with Gasteiger partial charge in [-0.3, -0.25) is 0 Å². The molecule has 106 valence electrons. The molecule has 0 fully saturated rings. The predicted molar refractivity (Wildman–Crippen MR) is 84.1 cm³/mol. The van der Waals surface area contributed by atoms with Crippen molar-refractivity contribution in [2.45, 2.75) is 6.92 Å². The van der Waals surface area contributed by atoms with Crippen molar-refractivity contribution < 1.29 is 9.53 Å². The van der Waals surface area contributed by atoms with E-state index in [0.717, 1.165) is 22.5 Å². The Morgan fingerprint density at radius 3 is 2.05 bits per heavy atom. The number of anilines is 2. The summed E-state index contributed by atoms with van der Waals surface area (Å²) in [4.78, 5) is 11.8. The maximum Gasteiger partial charge on any atom is 0.426 e. The molecule has 21 heavy (non-hydrogen) atoms. The molecular weight excluding hydrogens is 264 g/mol. The number of carbonyl (C=O) groups excluding carboxylic acids is 1. The Hall–Kier alpha value is -2.75. The van der Waals surface area contributed by atoms with Crippen LogP contribution in [0.25, 0.3) is 12.2 Å². The number of para-hydroxylation sites is 2. The molecule has 0 aromatic heterocycles. The van der Waals surface area contributed by atoms with Crippen LogP contribution in [-0.2, 0) is 4.74 Å². The van der Waals surface area contributed by atoms with Crippen LogP contribution >= 0.6 is 0 Å². The van der Waals surface area contributed by atoms with E-state index in [2.05, 4.69) is 5.43 Å². The number of nitrogens with zero attached hydrogens (tertiary/aromatic N) is 1. The highest BCUT2D eigenvalue weighted by Crippen LogP contribution is 2.34. The smallest absolute Gasteiger partial charge is 0.426 e. The van der Waals surface area contributed by atoms with Gasteiger partial charge in [-0.05, 0) is 19.1 Å². The summed E-state index contributed by atoms with van der Waals surface area (Å²) in [6.07, 6.45) is 3.62. The van der Waals surface area contributed by atoms with Crippen LogP contribution in [0.2, 0.25) is 0 Å². The van der Waals surface area contributed by atoms with Gasteiger partial charge in [0.2, 0.25) is 0 Å². The molecule has 1 aliphatic heterocycles. The lowest BCUT2D eigenvalue weighted by Gasteiger charge is -2.26. The van der Waals surface area contributed by atoms with Crippen LogP contribution in [0.15, 0.2) is 48.5 Å². The van der Waals surface area contributed by atoms with Crippen molar-refractivity contribution in [2.75, 3.05) is 11.6 Å². The van der Waals surface area contributed by atoms with Crippen LogP contribution < -0.4 is 10.4 Å². The highest BCUT2D eigenvalue weighted by Gasteiger charge is 2.19. The molecule has 0 saturated carbocycles. The fourth-order valence-corrected chi connectivity index (χ4v) is 2.35. The fraction of sp³-hybridized carbons (Fsp3) is 0.118. The normalized spacial score (nSPS) is 12.1. The lowest BCUT2D eigenvalue weighted by Crippen LogP contribution is -2.39. The largest absolute Gasteiger partial charge is 0.449 e. The number of fused-ring (bicyclic) bond motifs is 2. The summed E-state index contributed by atoms with van der Waals surface area (Å²) in [5.74, 6) is 0. The van der Waals surface area contributed by atoms with Gasteiger partial charge in [0.05, 0.1) is 18.0 Å². The van der Waals surface area contributed by atoms with Gasteiger partial charge >= 0.3 is 6.09 Å². The molecule has 0 bridgehead atoms. The van der Waals surface area contributed by atoms with Crippen LogP contribution in [0.4, 0.5) is 16.2 Å². The Morgan fingerprint density at radius 2 is 1.52 bits per heavy atom. The number of hydrazine groups is 1. The van der Waals surface area contributed by atoms with Crippen molar-refractivity contribution in [1.29, 1.82) is 0 Å². The third-order valence-electron chi connectivity index (χ3n) is 3.28. The second-order valence-corrected chi connectivity index (χ2v) is 4.62. The van der Waals surface area contributed by atoms with Gasteiger partial charge in [-0.15, -0.1) is 0 Å². The monoisotopic (exact) mass is 280 g/mol. The molecule has 4 heteroatoms. The van der Waals surface area contributed by atoms with Gasteiger partial charge < -0.3 is 4.74 Å². The molecule has 0 spiro atoms. The van der Waals surface area contributed by atoms with Crippen LogP contribution in [0.3, 0.4) is 0 Å². The van der Waals surface area contributed by atoms with Gasteiger partial charge in [-0.25, -0.2) is 15.2 Å². The van der Waals surface area contributed by atoms with Crippen LogP contribution in [0, 0.1) is 0 Å². The molecule has 0 atom stereocenters. The third-order valence-corrected chi connectivity index (χ3v) is 3.28. The second-order valence-electron chi connectivity index (χ2n) is 4.62. The van der Waals surface area contributed by atoms with E-state index >= 15 is 0 Å². The van der Waals surface area contributed by atoms with Crippen molar-refractivity contribution in [1.82, 2.24) is 5.43 Å². The van der Waals surface area contributed by atoms with Crippen molar-refractivity contribution >= 4 is 29.6 Å². The van der Waals surface area contributed by atoms with Crippen molar-refractivity contribution in [3.05, 3.63) is 59.7 Å². The van der Waals surface area contributed by atoms with E-state index in [-0.39, 0.29) is 0 Å². The van der Waals surface area contributed by atoms with Crippen molar-refractivity contribution in [2.24, 2.45) is 0 Å². The zero-order chi connectivity index (χ0) is 14.7. The Labute approximate surface area is 123 Å². The fourth-order valence-electron chi connectivity index (χ4n) is 2.35. The summed E-state index contributed by atoms with van der Waals surface area (Å²) in [6, 6.07) is 15.8. The highest BCUT2D eigenvalue weighted by molar-refractivity contribution is 5.90. The van der Waals surface area contributed by atoms with Gasteiger partial charge in [0.25, 0.3) is 0 Å². The molecule has 3 rings (SSSR count). The molecule has 0 radical (unpaired) electrons. The quantitative estimate of drug-likeness (QED) is 0.905. The predicted octanol–water partition coefficient (Wildman–Crippen LogP) is 3.97. The minimum absolute atomic E-state index is 0.335. The standard InChI is InChI=1S/C17H16N2O2/c1-2-21-17(20)18-19-15-9-5-3-7-13(15)11-12-14-8-4-6-10-16(14)19/h3-12H,2H2,1H3,(H,18,20). The van der Waals surface area contributed by atoms with E-state index in [4.69, 9.17) is 4.74 Å². The average molecular weight is 280 g/mol. The zero-order valence-corrected chi connectivity index (χ0v) is 11.7. The van der Waals surface area contributed by atoms with Crippen molar-refractivity contribution in [3.63, 3.8) is 0 Å². The number of hydrogen-bond donors (Lipinski definition) is 1. The number of benzene rings is 2. The van der Waals surface area contributed by atoms with Gasteiger partial charge in [0, 0.05) is 11.1 Å². The maximum absolute atomic E-state index is 11.8. The topological polar surface area (TPSA) is 41.6 Å². The summed E-state index contributed by atoms with van der Waals surface area (Å²) in [6.45, 7) is 2.12. The molecule has 0 aliphatic carbocycles. The number of nitrogens with one attached hydrogen (secondary N) is 1. The summed E-state index contributed by atoms with van der Waals surface area (Å²) in [5, 5.41) is 1.77. The molecule has 1 heterocycles. The van der Waals surface area contributed by atoms with Crippen molar-refractivity contribution in [3.8, 4) is 0 Å². The van der Waals surface area contributed by atoms with E-state index in [1.54, 1.807) is 11.9 Å². The van der Waals surface area contributed by atoms with Gasteiger partial charge in [-0.2, -0.15) is 0 Å². The van der Waals surface area contributed by atoms with Crippen LogP contribution in [0.5, 0.6) is 0 Å². The lowest BCUT2D eigenvalue weighted by molar-refractivity contribution is 0.152. The highest BCUT2D eigenvalue weighted by atomic mass is 16.6. The number of rotatable bonds is 2. The maximum atomic E-state index is 11.8. The number of ether oxygens (including phenoxy) is 1. The summed E-state index contributed by atoms with van der Waals surface area (Å²) in [5.41, 5.74) is 6.69. The molecule has 2 aromatic rings. The van der Waals surface area contributed by atoms with Gasteiger partial charge in [-0.1, -0.05) is 48.6 Å². The Bertz CT molecular complexity index is 645. The second kappa shape index (κ2) is 5.71. The molecule has 4 nitrogen and oxygen atoms in total. The third kappa shape index (κ3) is 2.60. The number of amides is 1. The molecule has 1 aliphatic rings. The van der Waals surface area contributed by atoms with E-state index in [0.29, 0.717) is 6.61 Å². The molecule has 1 N–H and O–H groups in total. The summed E-state index contributed by atoms with van der Waals surface area (Å²) < 4.78 is 5.00. The summed E-state index contributed by atoms with van der Waals surface area (Å²) in [7, 11) is 0. The summed E-state index contributed by atoms with van der Waals surface area (Å²) >= 11 is 0. The van der Waals surface area contributed by atoms with E-state index < -0.39 is 6.09 Å². The first-order valence-electron chi connectivity index (χ1n) is 6.89. The first kappa shape index (κ1) is 13.2. The van der Waals surface area contributed by atoms with Crippen LogP contribution in [0.1, 0.15) is 18.1 Å². The Kier molecular flexibility index (Phi) is 3.60. The SMILES string of the molecule is CCOC(=O)NN1c2ccccc2C=Cc2ccccc21. The van der Waals surface area contributed by atoms with Crippen LogP contribution in [-0.4, -0.2) is 12.7 Å². The van der Waals surface area contributed by atoms with E-state index in [1.165, 1.54) is 0 Å². The molecule has 0 unspecified atom stereocenters. The van der Waals surface area contributed by atoms with Gasteiger partial charge in [0.1, 0.15) is 0 Å². The molecule has 1 amide bonds. The Morgan fingerprint density at radius 1 is 1.00 bits per heavy atom. The minimum atomic E-state index is -0.469. The first-order chi connectivity index (χ1) is 10.3. The molecular formula is C17H16N2O2. The lowest BCUT2D eigenvalue weighted by atomic mass is 10.1. The van der Waals surface area contributed by atoms with E-state index in [1.807, 2.05) is 60.7 Å². The van der Waals surface area contributed by atoms with Gasteiger partial charge in [0.15, 0.2) is 0 Å².